The van der Waals surface area contributed by atoms with Gasteiger partial charge >= 0.3 is 0 Å². The van der Waals surface area contributed by atoms with E-state index in [-0.39, 0.29) is 30.3 Å². The van der Waals surface area contributed by atoms with Crippen LogP contribution in [0.3, 0.4) is 0 Å². The smallest absolute Gasteiger partial charge is 0.243 e. The molecule has 172 valence electrons. The van der Waals surface area contributed by atoms with E-state index in [9.17, 15) is 18.0 Å². The minimum Gasteiger partial charge on any atom is -0.497 e. The van der Waals surface area contributed by atoms with Gasteiger partial charge in [-0.25, -0.2) is 8.42 Å². The third-order valence-electron chi connectivity index (χ3n) is 5.24. The Morgan fingerprint density at radius 3 is 2.25 bits per heavy atom. The number of hydrogen-bond donors (Lipinski definition) is 2. The lowest BCUT2D eigenvalue weighted by Gasteiger charge is -2.24. The molecule has 10 heteroatoms. The molecule has 0 spiro atoms. The van der Waals surface area contributed by atoms with E-state index in [1.54, 1.807) is 48.4 Å². The minimum absolute atomic E-state index is 0.00651. The number of rotatable bonds is 10. The van der Waals surface area contributed by atoms with Crippen molar-refractivity contribution >= 4 is 33.2 Å². The fourth-order valence-corrected chi connectivity index (χ4v) is 5.02. The van der Waals surface area contributed by atoms with Gasteiger partial charge in [-0.05, 0) is 61.4 Å². The Labute approximate surface area is 188 Å². The van der Waals surface area contributed by atoms with Crippen molar-refractivity contribution in [1.29, 1.82) is 0 Å². The quantitative estimate of drug-likeness (QED) is 0.558. The number of anilines is 2. The zero-order chi connectivity index (χ0) is 23.1. The van der Waals surface area contributed by atoms with Crippen molar-refractivity contribution in [3.8, 4) is 5.75 Å². The normalized spacial score (nSPS) is 14.2. The van der Waals surface area contributed by atoms with Gasteiger partial charge in [0.2, 0.25) is 21.8 Å². The van der Waals surface area contributed by atoms with Gasteiger partial charge in [-0.3, -0.25) is 9.59 Å². The molecule has 0 atom stereocenters. The molecule has 3 N–H and O–H groups in total. The van der Waals surface area contributed by atoms with Crippen molar-refractivity contribution in [3.63, 3.8) is 0 Å². The monoisotopic (exact) mass is 460 g/mol. The predicted molar refractivity (Wildman–Crippen MR) is 122 cm³/mol. The number of benzene rings is 2. The molecular weight excluding hydrogens is 432 g/mol. The standard InChI is InChI=1S/C22H28N4O5S/c1-31-19-8-6-18(7-9-19)25(15-12-21(23)27)16-22(28)24-17-4-10-20(11-5-17)32(29,30)26-13-2-3-14-26/h4-11H,2-3,12-16H2,1H3,(H2,23,27)(H,24,28). The van der Waals surface area contributed by atoms with Crippen LogP contribution in [0.5, 0.6) is 5.75 Å². The maximum Gasteiger partial charge on any atom is 0.243 e. The largest absolute Gasteiger partial charge is 0.497 e. The van der Waals surface area contributed by atoms with Gasteiger partial charge in [0.05, 0.1) is 18.6 Å². The molecule has 1 heterocycles. The Hall–Kier alpha value is -3.11. The Bertz CT molecular complexity index is 1030. The lowest BCUT2D eigenvalue weighted by molar-refractivity contribution is -0.118. The van der Waals surface area contributed by atoms with E-state index in [4.69, 9.17) is 10.5 Å². The third kappa shape index (κ3) is 5.98. The Balaban J connectivity index is 1.66. The van der Waals surface area contributed by atoms with Crippen molar-refractivity contribution in [2.75, 3.05) is 43.5 Å². The first-order valence-corrected chi connectivity index (χ1v) is 11.8. The van der Waals surface area contributed by atoms with Crippen LogP contribution in [0, 0.1) is 0 Å². The van der Waals surface area contributed by atoms with Crippen molar-refractivity contribution in [1.82, 2.24) is 4.31 Å². The van der Waals surface area contributed by atoms with Gasteiger partial charge in [-0.2, -0.15) is 4.31 Å². The topological polar surface area (TPSA) is 122 Å². The Morgan fingerprint density at radius 1 is 1.06 bits per heavy atom. The first-order valence-electron chi connectivity index (χ1n) is 10.4. The van der Waals surface area contributed by atoms with Crippen LogP contribution in [-0.4, -0.2) is 57.8 Å². The van der Waals surface area contributed by atoms with E-state index >= 15 is 0 Å². The summed E-state index contributed by atoms with van der Waals surface area (Å²) in [7, 11) is -1.94. The average Bonchev–Trinajstić information content (AvgIpc) is 3.33. The molecule has 3 rings (SSSR count). The zero-order valence-electron chi connectivity index (χ0n) is 18.0. The first-order chi connectivity index (χ1) is 15.3. The number of carbonyl (C=O) groups excluding carboxylic acids is 2. The van der Waals surface area contributed by atoms with E-state index in [2.05, 4.69) is 5.32 Å². The number of nitrogens with two attached hydrogens (primary N) is 1. The summed E-state index contributed by atoms with van der Waals surface area (Å²) in [6.07, 6.45) is 1.84. The highest BCUT2D eigenvalue weighted by molar-refractivity contribution is 7.89. The molecule has 0 radical (unpaired) electrons. The number of methoxy groups -OCH3 is 1. The molecule has 0 unspecified atom stereocenters. The van der Waals surface area contributed by atoms with E-state index in [0.717, 1.165) is 18.5 Å². The molecule has 2 aromatic carbocycles. The van der Waals surface area contributed by atoms with Crippen LogP contribution in [0.25, 0.3) is 0 Å². The van der Waals surface area contributed by atoms with Crippen LogP contribution in [0.15, 0.2) is 53.4 Å². The van der Waals surface area contributed by atoms with Gasteiger partial charge in [-0.1, -0.05) is 0 Å². The summed E-state index contributed by atoms with van der Waals surface area (Å²) < 4.78 is 31.9. The summed E-state index contributed by atoms with van der Waals surface area (Å²) in [5.41, 5.74) is 6.51. The minimum atomic E-state index is -3.50. The number of nitrogens with one attached hydrogen (secondary N) is 1. The molecule has 0 saturated carbocycles. The Kier molecular flexibility index (Phi) is 7.70. The molecule has 0 aliphatic carbocycles. The fourth-order valence-electron chi connectivity index (χ4n) is 3.50. The molecule has 32 heavy (non-hydrogen) atoms. The van der Waals surface area contributed by atoms with Crippen LogP contribution >= 0.6 is 0 Å². The number of nitrogens with zero attached hydrogens (tertiary/aromatic N) is 2. The highest BCUT2D eigenvalue weighted by atomic mass is 32.2. The molecule has 1 saturated heterocycles. The van der Waals surface area contributed by atoms with Crippen molar-refractivity contribution in [2.24, 2.45) is 5.73 Å². The molecule has 9 nitrogen and oxygen atoms in total. The van der Waals surface area contributed by atoms with Gasteiger partial charge < -0.3 is 20.7 Å². The number of carbonyl (C=O) groups is 2. The molecule has 1 aliphatic rings. The second-order valence-electron chi connectivity index (χ2n) is 7.52. The summed E-state index contributed by atoms with van der Waals surface area (Å²) in [4.78, 5) is 25.8. The molecular formula is C22H28N4O5S. The summed E-state index contributed by atoms with van der Waals surface area (Å²) in [5, 5.41) is 2.77. The van der Waals surface area contributed by atoms with Crippen LogP contribution in [0.4, 0.5) is 11.4 Å². The first kappa shape index (κ1) is 23.6. The van der Waals surface area contributed by atoms with E-state index in [1.165, 1.54) is 16.4 Å². The van der Waals surface area contributed by atoms with Crippen LogP contribution < -0.4 is 20.7 Å². The summed E-state index contributed by atoms with van der Waals surface area (Å²) >= 11 is 0. The van der Waals surface area contributed by atoms with E-state index in [0.29, 0.717) is 24.5 Å². The summed E-state index contributed by atoms with van der Waals surface area (Å²) in [5.74, 6) is -0.0869. The number of primary amides is 1. The van der Waals surface area contributed by atoms with Gasteiger partial charge in [0.15, 0.2) is 0 Å². The summed E-state index contributed by atoms with van der Waals surface area (Å²) in [6.45, 7) is 1.34. The lowest BCUT2D eigenvalue weighted by Crippen LogP contribution is -2.35. The predicted octanol–water partition coefficient (Wildman–Crippen LogP) is 1.80. The average molecular weight is 461 g/mol. The fraction of sp³-hybridized carbons (Fsp3) is 0.364. The Morgan fingerprint density at radius 2 is 1.69 bits per heavy atom. The third-order valence-corrected chi connectivity index (χ3v) is 7.15. The van der Waals surface area contributed by atoms with Crippen LogP contribution in [-0.2, 0) is 19.6 Å². The molecule has 1 aliphatic heterocycles. The van der Waals surface area contributed by atoms with Crippen molar-refractivity contribution < 1.29 is 22.7 Å². The number of amides is 2. The van der Waals surface area contributed by atoms with Gasteiger partial charge in [0.25, 0.3) is 0 Å². The van der Waals surface area contributed by atoms with Crippen LogP contribution in [0.1, 0.15) is 19.3 Å². The van der Waals surface area contributed by atoms with Gasteiger partial charge in [0.1, 0.15) is 5.75 Å². The van der Waals surface area contributed by atoms with E-state index in [1.807, 2.05) is 0 Å². The highest BCUT2D eigenvalue weighted by Gasteiger charge is 2.27. The number of sulfonamides is 1. The highest BCUT2D eigenvalue weighted by Crippen LogP contribution is 2.23. The second kappa shape index (κ2) is 10.5. The van der Waals surface area contributed by atoms with Gasteiger partial charge in [0, 0.05) is 37.4 Å². The van der Waals surface area contributed by atoms with Crippen molar-refractivity contribution in [2.45, 2.75) is 24.2 Å². The SMILES string of the molecule is COc1ccc(N(CCC(N)=O)CC(=O)Nc2ccc(S(=O)(=O)N3CCCC3)cc2)cc1. The second-order valence-corrected chi connectivity index (χ2v) is 9.46. The molecule has 2 aromatic rings. The molecule has 1 fully saturated rings. The summed E-state index contributed by atoms with van der Waals surface area (Å²) in [6, 6.07) is 13.3. The molecule has 0 aromatic heterocycles. The van der Waals surface area contributed by atoms with Gasteiger partial charge in [-0.15, -0.1) is 0 Å². The van der Waals surface area contributed by atoms with Crippen LogP contribution in [0.2, 0.25) is 0 Å². The maximum absolute atomic E-state index is 12.6. The molecule has 0 bridgehead atoms. The number of hydrogen-bond acceptors (Lipinski definition) is 6. The van der Waals surface area contributed by atoms with E-state index < -0.39 is 15.9 Å². The van der Waals surface area contributed by atoms with Crippen molar-refractivity contribution in [3.05, 3.63) is 48.5 Å². The maximum atomic E-state index is 12.6. The molecule has 2 amide bonds. The zero-order valence-corrected chi connectivity index (χ0v) is 18.8. The number of ether oxygens (including phenoxy) is 1. The lowest BCUT2D eigenvalue weighted by atomic mass is 10.2.